The van der Waals surface area contributed by atoms with E-state index in [0.717, 1.165) is 0 Å². The van der Waals surface area contributed by atoms with Crippen LogP contribution in [0.15, 0.2) is 12.1 Å². The summed E-state index contributed by atoms with van der Waals surface area (Å²) in [5, 5.41) is 15.1. The molecule has 2 atom stereocenters. The zero-order valence-corrected chi connectivity index (χ0v) is 16.9. The Morgan fingerprint density at radius 2 is 1.93 bits per heavy atom. The summed E-state index contributed by atoms with van der Waals surface area (Å²) in [6.07, 6.45) is 0.194. The number of benzene rings is 1. The van der Waals surface area contributed by atoms with Gasteiger partial charge in [-0.2, -0.15) is 0 Å². The van der Waals surface area contributed by atoms with E-state index in [1.807, 2.05) is 0 Å². The molecule has 2 amide bonds. The van der Waals surface area contributed by atoms with Gasteiger partial charge in [0, 0.05) is 24.9 Å². The van der Waals surface area contributed by atoms with Gasteiger partial charge in [-0.15, -0.1) is 0 Å². The number of anilines is 2. The summed E-state index contributed by atoms with van der Waals surface area (Å²) in [5.41, 5.74) is 0.553. The van der Waals surface area contributed by atoms with Gasteiger partial charge in [-0.05, 0) is 18.1 Å². The van der Waals surface area contributed by atoms with E-state index in [2.05, 4.69) is 10.6 Å². The molecular formula is C20H28N2O6. The second-order valence-corrected chi connectivity index (χ2v) is 7.82. The molecule has 154 valence electrons. The van der Waals surface area contributed by atoms with Crippen LogP contribution in [0.5, 0.6) is 0 Å². The minimum atomic E-state index is -0.686. The zero-order valence-electron chi connectivity index (χ0n) is 16.9. The Bertz CT molecular complexity index is 769. The molecule has 1 aliphatic heterocycles. The predicted octanol–water partition coefficient (Wildman–Crippen LogP) is 2.28. The van der Waals surface area contributed by atoms with Crippen molar-refractivity contribution >= 4 is 29.2 Å². The number of aliphatic hydroxyl groups excluding tert-OH is 1. The van der Waals surface area contributed by atoms with Crippen LogP contribution in [-0.2, 0) is 19.1 Å². The van der Waals surface area contributed by atoms with Gasteiger partial charge in [0.1, 0.15) is 5.56 Å². The number of carbonyl (C=O) groups is 3. The largest absolute Gasteiger partial charge is 0.465 e. The first-order valence-corrected chi connectivity index (χ1v) is 9.16. The monoisotopic (exact) mass is 392 g/mol. The lowest BCUT2D eigenvalue weighted by atomic mass is 9.88. The van der Waals surface area contributed by atoms with E-state index in [9.17, 15) is 19.5 Å². The molecule has 0 unspecified atom stereocenters. The minimum Gasteiger partial charge on any atom is -0.465 e. The number of esters is 1. The van der Waals surface area contributed by atoms with E-state index in [4.69, 9.17) is 9.47 Å². The van der Waals surface area contributed by atoms with Gasteiger partial charge in [0.15, 0.2) is 0 Å². The second kappa shape index (κ2) is 8.70. The molecule has 0 aromatic heterocycles. The topological polar surface area (TPSA) is 114 Å². The molecule has 1 aromatic rings. The number of amides is 2. The Balaban J connectivity index is 2.64. The maximum Gasteiger partial charge on any atom is 0.342 e. The van der Waals surface area contributed by atoms with Gasteiger partial charge in [-0.25, -0.2) is 4.79 Å². The van der Waals surface area contributed by atoms with Crippen LogP contribution >= 0.6 is 0 Å². The summed E-state index contributed by atoms with van der Waals surface area (Å²) in [7, 11) is 1.23. The second-order valence-electron chi connectivity index (χ2n) is 7.82. The Morgan fingerprint density at radius 1 is 1.25 bits per heavy atom. The van der Waals surface area contributed by atoms with Crippen molar-refractivity contribution < 1.29 is 29.0 Å². The highest BCUT2D eigenvalue weighted by atomic mass is 16.5. The molecule has 0 spiro atoms. The van der Waals surface area contributed by atoms with E-state index in [0.29, 0.717) is 18.6 Å². The van der Waals surface area contributed by atoms with Gasteiger partial charge < -0.3 is 25.2 Å². The summed E-state index contributed by atoms with van der Waals surface area (Å²) in [6, 6.07) is 3.35. The SMILES string of the molecule is COC(=O)c1c(NC(=O)C(C)(C)C)ccc([C@@H]2CCO[C@@H]2CO)c1NC(C)=O. The Morgan fingerprint density at radius 3 is 2.46 bits per heavy atom. The molecule has 0 saturated carbocycles. The average Bonchev–Trinajstić information content (AvgIpc) is 3.08. The molecule has 2 rings (SSSR count). The number of ether oxygens (including phenoxy) is 2. The number of rotatable bonds is 5. The van der Waals surface area contributed by atoms with Gasteiger partial charge in [0.2, 0.25) is 11.8 Å². The van der Waals surface area contributed by atoms with Gasteiger partial charge in [0.25, 0.3) is 0 Å². The Hall–Kier alpha value is -2.45. The molecule has 1 aromatic carbocycles. The fraction of sp³-hybridized carbons (Fsp3) is 0.550. The molecule has 0 radical (unpaired) electrons. The van der Waals surface area contributed by atoms with Crippen LogP contribution in [-0.4, -0.2) is 49.3 Å². The lowest BCUT2D eigenvalue weighted by Gasteiger charge is -2.25. The molecule has 1 heterocycles. The molecule has 8 heteroatoms. The van der Waals surface area contributed by atoms with Crippen molar-refractivity contribution in [2.24, 2.45) is 5.41 Å². The molecular weight excluding hydrogens is 364 g/mol. The number of methoxy groups -OCH3 is 1. The van der Waals surface area contributed by atoms with Crippen molar-refractivity contribution in [3.63, 3.8) is 0 Å². The zero-order chi connectivity index (χ0) is 21.1. The molecule has 0 aliphatic carbocycles. The fourth-order valence-electron chi connectivity index (χ4n) is 3.15. The molecule has 28 heavy (non-hydrogen) atoms. The number of aliphatic hydroxyl groups is 1. The fourth-order valence-corrected chi connectivity index (χ4v) is 3.15. The van der Waals surface area contributed by atoms with Crippen molar-refractivity contribution in [2.75, 3.05) is 31.0 Å². The van der Waals surface area contributed by atoms with Crippen molar-refractivity contribution in [3.05, 3.63) is 23.3 Å². The predicted molar refractivity (Wildman–Crippen MR) is 104 cm³/mol. The smallest absolute Gasteiger partial charge is 0.342 e. The number of nitrogens with one attached hydrogen (secondary N) is 2. The quantitative estimate of drug-likeness (QED) is 0.663. The van der Waals surface area contributed by atoms with E-state index in [1.54, 1.807) is 32.9 Å². The van der Waals surface area contributed by atoms with Crippen LogP contribution in [0.3, 0.4) is 0 Å². The van der Waals surface area contributed by atoms with Gasteiger partial charge in [-0.1, -0.05) is 26.8 Å². The van der Waals surface area contributed by atoms with Crippen LogP contribution in [0.1, 0.15) is 56.0 Å². The summed E-state index contributed by atoms with van der Waals surface area (Å²) >= 11 is 0. The van der Waals surface area contributed by atoms with Crippen molar-refractivity contribution in [1.29, 1.82) is 0 Å². The number of hydrogen-bond acceptors (Lipinski definition) is 6. The van der Waals surface area contributed by atoms with E-state index in [-0.39, 0.29) is 41.3 Å². The van der Waals surface area contributed by atoms with E-state index in [1.165, 1.54) is 14.0 Å². The van der Waals surface area contributed by atoms with Gasteiger partial charge >= 0.3 is 5.97 Å². The first kappa shape index (κ1) is 21.8. The van der Waals surface area contributed by atoms with E-state index < -0.39 is 17.5 Å². The lowest BCUT2D eigenvalue weighted by molar-refractivity contribution is -0.123. The third kappa shape index (κ3) is 4.69. The van der Waals surface area contributed by atoms with Crippen LogP contribution in [0.25, 0.3) is 0 Å². The summed E-state index contributed by atoms with van der Waals surface area (Å²) in [5.74, 6) is -1.54. The maximum atomic E-state index is 12.6. The summed E-state index contributed by atoms with van der Waals surface area (Å²) < 4.78 is 10.5. The first-order valence-electron chi connectivity index (χ1n) is 9.16. The maximum absolute atomic E-state index is 12.6. The Labute approximate surface area is 164 Å². The minimum absolute atomic E-state index is 0.0661. The molecule has 1 saturated heterocycles. The number of hydrogen-bond donors (Lipinski definition) is 3. The van der Waals surface area contributed by atoms with Crippen LogP contribution < -0.4 is 10.6 Å². The van der Waals surface area contributed by atoms with Crippen molar-refractivity contribution in [2.45, 2.75) is 46.1 Å². The molecule has 0 bridgehead atoms. The highest BCUT2D eigenvalue weighted by molar-refractivity contribution is 6.09. The molecule has 1 aliphatic rings. The highest BCUT2D eigenvalue weighted by Crippen LogP contribution is 2.40. The Kier molecular flexibility index (Phi) is 6.79. The summed E-state index contributed by atoms with van der Waals surface area (Å²) in [4.78, 5) is 36.9. The van der Waals surface area contributed by atoms with E-state index >= 15 is 0 Å². The molecule has 3 N–H and O–H groups in total. The average molecular weight is 392 g/mol. The summed E-state index contributed by atoms with van der Waals surface area (Å²) in [6.45, 7) is 6.88. The third-order valence-electron chi connectivity index (χ3n) is 4.65. The van der Waals surface area contributed by atoms with Gasteiger partial charge in [-0.3, -0.25) is 9.59 Å². The molecule has 1 fully saturated rings. The van der Waals surface area contributed by atoms with Gasteiger partial charge in [0.05, 0.1) is 31.2 Å². The lowest BCUT2D eigenvalue weighted by Crippen LogP contribution is -2.29. The first-order chi connectivity index (χ1) is 13.1. The van der Waals surface area contributed by atoms with Crippen molar-refractivity contribution in [1.82, 2.24) is 0 Å². The van der Waals surface area contributed by atoms with Crippen molar-refractivity contribution in [3.8, 4) is 0 Å². The number of carbonyl (C=O) groups excluding carboxylic acids is 3. The molecule has 8 nitrogen and oxygen atoms in total. The normalized spacial score (nSPS) is 19.2. The van der Waals surface area contributed by atoms with Crippen LogP contribution in [0, 0.1) is 5.41 Å². The highest BCUT2D eigenvalue weighted by Gasteiger charge is 2.34. The van der Waals surface area contributed by atoms with Crippen LogP contribution in [0.4, 0.5) is 11.4 Å². The standard InChI is InChI=1S/C20H28N2O6/c1-11(24)21-17-13(12-8-9-28-15(12)10-23)6-7-14(16(17)18(25)27-5)22-19(26)20(2,3)4/h6-7,12,15,23H,8-10H2,1-5H3,(H,21,24)(H,22,26)/t12-,15+/m0/s1. The third-order valence-corrected chi connectivity index (χ3v) is 4.65. The van der Waals surface area contributed by atoms with Crippen LogP contribution in [0.2, 0.25) is 0 Å².